The van der Waals surface area contributed by atoms with Crippen molar-refractivity contribution in [1.82, 2.24) is 0 Å². The predicted octanol–water partition coefficient (Wildman–Crippen LogP) is 11.9. The van der Waals surface area contributed by atoms with Crippen molar-refractivity contribution in [2.75, 3.05) is 0 Å². The molecule has 0 fully saturated rings. The Balaban J connectivity index is 0.000000341. The van der Waals surface area contributed by atoms with Gasteiger partial charge in [0.2, 0.25) is 5.39 Å². The maximum absolute atomic E-state index is 11.2. The minimum absolute atomic E-state index is 0.0155. The fourth-order valence-electron chi connectivity index (χ4n) is 3.09. The van der Waals surface area contributed by atoms with Crippen LogP contribution in [-0.2, 0) is 12.8 Å². The van der Waals surface area contributed by atoms with E-state index in [2.05, 4.69) is 22.1 Å². The first-order chi connectivity index (χ1) is 21.2. The van der Waals surface area contributed by atoms with Crippen LogP contribution in [0.4, 0.5) is 42.2 Å². The van der Waals surface area contributed by atoms with Crippen molar-refractivity contribution in [3.8, 4) is 11.5 Å². The minimum atomic E-state index is -10.7. The molecule has 0 spiro atoms. The number of carbonyl (C=O) groups excluding carboxylic acids is 2. The van der Waals surface area contributed by atoms with Crippen LogP contribution in [0.1, 0.15) is 52.6 Å². The number of Topliss-reactive ketones (excluding diaryl/α,β-unsaturated/α-hetero) is 1. The fraction of sp³-hybridized carbons (Fsp3) is 0.161. The van der Waals surface area contributed by atoms with Crippen molar-refractivity contribution >= 4 is 36.9 Å². The number of halogens is 6. The third-order valence-electron chi connectivity index (χ3n) is 5.48. The number of phenols is 2. The molecule has 0 unspecified atom stereocenters. The average Bonchev–Trinajstić information content (AvgIpc) is 3.00. The third kappa shape index (κ3) is 18.5. The zero-order chi connectivity index (χ0) is 35.0. The van der Waals surface area contributed by atoms with Gasteiger partial charge in [0.05, 0.1) is 5.69 Å². The number of phenolic OH excluding ortho intramolecular Hbond substituents is 2. The molecule has 0 aliphatic heterocycles. The summed E-state index contributed by atoms with van der Waals surface area (Å²) in [5.74, 6) is 0.459. The van der Waals surface area contributed by atoms with Crippen LogP contribution in [-0.4, -0.2) is 22.3 Å². The van der Waals surface area contributed by atoms with E-state index in [4.69, 9.17) is 10.5 Å². The number of azo groups is 1. The Morgan fingerprint density at radius 3 is 1.72 bits per heavy atom. The van der Waals surface area contributed by atoms with E-state index in [0.29, 0.717) is 33.9 Å². The van der Waals surface area contributed by atoms with Gasteiger partial charge in [0.15, 0.2) is 10.8 Å². The smallest absolute Gasteiger partial charge is 0.298 e. The summed E-state index contributed by atoms with van der Waals surface area (Å²) < 4.78 is 59.2. The number of benzene rings is 4. The molecule has 0 aromatic heterocycles. The molecule has 0 amide bonds. The molecule has 46 heavy (non-hydrogen) atoms. The van der Waals surface area contributed by atoms with E-state index in [1.807, 2.05) is 31.2 Å². The summed E-state index contributed by atoms with van der Waals surface area (Å²) in [7, 11) is -10.7. The first-order valence-corrected chi connectivity index (χ1v) is 15.4. The Kier molecular flexibility index (Phi) is 13.7. The standard InChI is InChI=1S/C16H16N2O2.C8H10O.C7H5N2O.F6P/c1-3-12-4-9-16(20)15(10-12)18-17-14-7-5-13(6-8-14)11(2)19;1-2-7-3-5-8(9)6-4-7;8-9-7-3-1-6(5-10)2-4-7;1-7(2,3,4,5)6/h4-10,20H,3H2,1-2H3;3-6,9H,2H2,1H3;1-5H;/q;;+1;-1. The van der Waals surface area contributed by atoms with E-state index in [0.717, 1.165) is 24.7 Å². The number of diazo groups is 1. The molecule has 8 nitrogen and oxygen atoms in total. The quantitative estimate of drug-likeness (QED) is 0.0528. The van der Waals surface area contributed by atoms with Gasteiger partial charge in [0.25, 0.3) is 0 Å². The van der Waals surface area contributed by atoms with Crippen LogP contribution >= 0.6 is 7.81 Å². The van der Waals surface area contributed by atoms with E-state index in [9.17, 15) is 39.9 Å². The minimum Gasteiger partial charge on any atom is -0.298 e. The molecule has 246 valence electrons. The van der Waals surface area contributed by atoms with Crippen LogP contribution in [0.15, 0.2) is 101 Å². The van der Waals surface area contributed by atoms with Gasteiger partial charge in [0, 0.05) is 23.3 Å². The summed E-state index contributed by atoms with van der Waals surface area (Å²) in [6.07, 6.45) is 2.64. The van der Waals surface area contributed by atoms with Crippen molar-refractivity contribution in [3.05, 3.63) is 118 Å². The molecular formula is C31H31F6N4O4P. The topological polar surface area (TPSA) is 127 Å². The number of ketones is 1. The number of hydrogen-bond acceptors (Lipinski definition) is 7. The fourth-order valence-corrected chi connectivity index (χ4v) is 3.09. The van der Waals surface area contributed by atoms with E-state index >= 15 is 0 Å². The summed E-state index contributed by atoms with van der Waals surface area (Å²) in [6, 6.07) is 25.7. The second kappa shape index (κ2) is 16.2. The molecule has 4 rings (SSSR count). The van der Waals surface area contributed by atoms with Crippen LogP contribution in [0.3, 0.4) is 0 Å². The number of aldehydes is 1. The second-order valence-corrected chi connectivity index (χ2v) is 11.2. The Labute approximate surface area is 260 Å². The van der Waals surface area contributed by atoms with Gasteiger partial charge in [-0.25, -0.2) is 0 Å². The van der Waals surface area contributed by atoms with Crippen LogP contribution in [0, 0.1) is 5.39 Å². The molecule has 0 bridgehead atoms. The van der Waals surface area contributed by atoms with Gasteiger partial charge in [-0.1, -0.05) is 32.0 Å². The molecule has 4 aromatic carbocycles. The molecular weight excluding hydrogens is 637 g/mol. The van der Waals surface area contributed by atoms with Gasteiger partial charge in [-0.05, 0) is 91.6 Å². The molecule has 0 atom stereocenters. The largest absolute Gasteiger partial charge is 0.385 e. The average molecular weight is 669 g/mol. The zero-order valence-electron chi connectivity index (χ0n) is 24.9. The summed E-state index contributed by atoms with van der Waals surface area (Å²) >= 11 is 0. The van der Waals surface area contributed by atoms with Crippen LogP contribution in [0.25, 0.3) is 4.98 Å². The first-order valence-electron chi connectivity index (χ1n) is 13.3. The Bertz CT molecular complexity index is 1650. The SMILES string of the molecule is CCc1ccc(O)c(N=Nc2ccc(C(C)=O)cc2)c1.CCc1ccc(O)cc1.F[P-](F)(F)(F)(F)F.N#[N+]c1ccc(C=O)cc1. The summed E-state index contributed by atoms with van der Waals surface area (Å²) in [5.41, 5.74) is 5.09. The molecule has 4 aromatic rings. The van der Waals surface area contributed by atoms with Gasteiger partial charge in [-0.2, -0.15) is 5.11 Å². The molecule has 15 heteroatoms. The number of aryl methyl sites for hydroxylation is 2. The predicted molar refractivity (Wildman–Crippen MR) is 166 cm³/mol. The number of nitrogens with zero attached hydrogens (tertiary/aromatic N) is 4. The maximum Gasteiger partial charge on any atom is 0.385 e. The molecule has 0 radical (unpaired) electrons. The van der Waals surface area contributed by atoms with Gasteiger partial charge in [-0.3, -0.25) is 9.59 Å². The molecule has 0 saturated carbocycles. The van der Waals surface area contributed by atoms with E-state index in [1.165, 1.54) is 12.5 Å². The van der Waals surface area contributed by atoms with Gasteiger partial charge < -0.3 is 10.2 Å². The van der Waals surface area contributed by atoms with Crippen molar-refractivity contribution in [1.29, 1.82) is 5.39 Å². The van der Waals surface area contributed by atoms with Crippen LogP contribution in [0.5, 0.6) is 11.5 Å². The first kappa shape index (κ1) is 38.9. The second-order valence-electron chi connectivity index (χ2n) is 9.27. The van der Waals surface area contributed by atoms with Gasteiger partial charge in [0.1, 0.15) is 23.5 Å². The summed E-state index contributed by atoms with van der Waals surface area (Å²) in [5, 5.41) is 34.9. The molecule has 0 aliphatic rings. The van der Waals surface area contributed by atoms with Crippen LogP contribution < -0.4 is 0 Å². The van der Waals surface area contributed by atoms with Gasteiger partial charge >= 0.3 is 38.7 Å². The van der Waals surface area contributed by atoms with Crippen molar-refractivity contribution < 1.29 is 45.0 Å². The third-order valence-corrected chi connectivity index (χ3v) is 5.48. The monoisotopic (exact) mass is 668 g/mol. The number of hydrogen-bond donors (Lipinski definition) is 2. The van der Waals surface area contributed by atoms with E-state index in [1.54, 1.807) is 66.7 Å². The maximum atomic E-state index is 11.2. The number of rotatable bonds is 6. The molecule has 0 aliphatic carbocycles. The summed E-state index contributed by atoms with van der Waals surface area (Å²) in [6.45, 7) is 5.64. The molecule has 0 saturated heterocycles. The summed E-state index contributed by atoms with van der Waals surface area (Å²) in [4.78, 5) is 24.2. The molecule has 0 heterocycles. The number of aromatic hydroxyl groups is 2. The normalized spacial score (nSPS) is 11.9. The Hall–Kier alpha value is -5.15. The number of carbonyl (C=O) groups is 2. The Morgan fingerprint density at radius 2 is 1.28 bits per heavy atom. The van der Waals surface area contributed by atoms with Crippen molar-refractivity contribution in [2.45, 2.75) is 33.6 Å². The van der Waals surface area contributed by atoms with Crippen LogP contribution in [0.2, 0.25) is 0 Å². The van der Waals surface area contributed by atoms with E-state index in [-0.39, 0.29) is 11.5 Å². The van der Waals surface area contributed by atoms with Crippen molar-refractivity contribution in [2.24, 2.45) is 10.2 Å². The van der Waals surface area contributed by atoms with Crippen molar-refractivity contribution in [3.63, 3.8) is 0 Å². The Morgan fingerprint density at radius 1 is 0.783 bits per heavy atom. The van der Waals surface area contributed by atoms with E-state index < -0.39 is 7.81 Å². The zero-order valence-corrected chi connectivity index (χ0v) is 25.8. The van der Waals surface area contributed by atoms with Gasteiger partial charge in [-0.15, -0.1) is 5.11 Å². The molecule has 2 N–H and O–H groups in total.